The third-order valence-corrected chi connectivity index (χ3v) is 4.03. The largest absolute Gasteiger partial charge is 0.366 e. The van der Waals surface area contributed by atoms with E-state index in [2.05, 4.69) is 33.6 Å². The lowest BCUT2D eigenvalue weighted by Gasteiger charge is -2.12. The van der Waals surface area contributed by atoms with Crippen molar-refractivity contribution in [2.75, 3.05) is 10.6 Å². The number of nitrogens with one attached hydrogen (secondary N) is 2. The Morgan fingerprint density at radius 3 is 2.50 bits per heavy atom. The van der Waals surface area contributed by atoms with Crippen molar-refractivity contribution in [1.29, 1.82) is 0 Å². The van der Waals surface area contributed by atoms with Gasteiger partial charge in [0, 0.05) is 29.0 Å². The fourth-order valence-electron chi connectivity index (χ4n) is 2.38. The van der Waals surface area contributed by atoms with E-state index in [1.54, 1.807) is 0 Å². The highest BCUT2D eigenvalue weighted by atomic mass is 35.5. The van der Waals surface area contributed by atoms with Crippen LogP contribution in [0.15, 0.2) is 54.6 Å². The number of para-hydroxylation sites is 1. The Bertz CT molecular complexity index is 848. The number of aryl methyl sites for hydroxylation is 2. The maximum atomic E-state index is 6.19. The van der Waals surface area contributed by atoms with Crippen molar-refractivity contribution < 1.29 is 0 Å². The van der Waals surface area contributed by atoms with Crippen molar-refractivity contribution in [3.63, 3.8) is 0 Å². The highest BCUT2D eigenvalue weighted by molar-refractivity contribution is 6.31. The molecule has 0 atom stereocenters. The number of benzene rings is 2. The van der Waals surface area contributed by atoms with Crippen molar-refractivity contribution in [2.24, 2.45) is 0 Å². The van der Waals surface area contributed by atoms with Gasteiger partial charge in [-0.05, 0) is 37.1 Å². The molecule has 0 saturated carbocycles. The summed E-state index contributed by atoms with van der Waals surface area (Å²) in [6.07, 6.45) is 0. The van der Waals surface area contributed by atoms with Crippen LogP contribution in [0.5, 0.6) is 0 Å². The molecule has 3 aromatic rings. The molecular weight excluding hydrogens is 320 g/mol. The van der Waals surface area contributed by atoms with Crippen LogP contribution in [-0.2, 0) is 6.54 Å². The van der Waals surface area contributed by atoms with Crippen LogP contribution in [0.2, 0.25) is 5.02 Å². The molecule has 5 heteroatoms. The molecule has 122 valence electrons. The second-order valence-corrected chi connectivity index (χ2v) is 6.01. The molecule has 0 amide bonds. The van der Waals surface area contributed by atoms with Gasteiger partial charge in [0.15, 0.2) is 0 Å². The molecule has 0 spiro atoms. The van der Waals surface area contributed by atoms with E-state index in [0.717, 1.165) is 33.3 Å². The van der Waals surface area contributed by atoms with Crippen molar-refractivity contribution in [2.45, 2.75) is 20.4 Å². The number of aromatic nitrogens is 2. The van der Waals surface area contributed by atoms with Gasteiger partial charge in [0.05, 0.1) is 0 Å². The molecule has 1 heterocycles. The Balaban J connectivity index is 1.77. The molecule has 2 N–H and O–H groups in total. The molecule has 0 bridgehead atoms. The molecule has 4 nitrogen and oxygen atoms in total. The Labute approximate surface area is 146 Å². The average Bonchev–Trinajstić information content (AvgIpc) is 2.56. The summed E-state index contributed by atoms with van der Waals surface area (Å²) in [6, 6.07) is 17.7. The number of nitrogens with zero attached hydrogens (tertiary/aromatic N) is 2. The van der Waals surface area contributed by atoms with Gasteiger partial charge in [-0.25, -0.2) is 4.98 Å². The monoisotopic (exact) mass is 338 g/mol. The van der Waals surface area contributed by atoms with E-state index in [0.29, 0.717) is 12.5 Å². The SMILES string of the molecule is Cc1cc(NCc2ccccc2Cl)nc(Nc2ccccc2C)n1. The molecule has 24 heavy (non-hydrogen) atoms. The topological polar surface area (TPSA) is 49.8 Å². The van der Waals surface area contributed by atoms with Crippen molar-refractivity contribution in [1.82, 2.24) is 9.97 Å². The van der Waals surface area contributed by atoms with Crippen LogP contribution in [0, 0.1) is 13.8 Å². The highest BCUT2D eigenvalue weighted by Gasteiger charge is 2.05. The molecule has 1 aromatic heterocycles. The molecular formula is C19H19ClN4. The summed E-state index contributed by atoms with van der Waals surface area (Å²) in [5, 5.41) is 7.33. The van der Waals surface area contributed by atoms with Crippen LogP contribution in [0.3, 0.4) is 0 Å². The third kappa shape index (κ3) is 4.03. The zero-order valence-corrected chi connectivity index (χ0v) is 14.4. The maximum Gasteiger partial charge on any atom is 0.229 e. The number of hydrogen-bond acceptors (Lipinski definition) is 4. The van der Waals surface area contributed by atoms with Crippen molar-refractivity contribution in [3.8, 4) is 0 Å². The fourth-order valence-corrected chi connectivity index (χ4v) is 2.58. The Hall–Kier alpha value is -2.59. The molecule has 0 unspecified atom stereocenters. The summed E-state index contributed by atoms with van der Waals surface area (Å²) in [4.78, 5) is 8.99. The van der Waals surface area contributed by atoms with Crippen LogP contribution >= 0.6 is 11.6 Å². The lowest BCUT2D eigenvalue weighted by atomic mass is 10.2. The molecule has 0 radical (unpaired) electrons. The molecule has 0 saturated heterocycles. The zero-order chi connectivity index (χ0) is 16.9. The first-order chi connectivity index (χ1) is 11.6. The minimum Gasteiger partial charge on any atom is -0.366 e. The van der Waals surface area contributed by atoms with Crippen LogP contribution in [0.4, 0.5) is 17.5 Å². The predicted molar refractivity (Wildman–Crippen MR) is 100 cm³/mol. The van der Waals surface area contributed by atoms with Gasteiger partial charge >= 0.3 is 0 Å². The second-order valence-electron chi connectivity index (χ2n) is 5.60. The van der Waals surface area contributed by atoms with Gasteiger partial charge in [0.1, 0.15) is 5.82 Å². The van der Waals surface area contributed by atoms with Gasteiger partial charge in [-0.1, -0.05) is 48.0 Å². The van der Waals surface area contributed by atoms with E-state index in [4.69, 9.17) is 11.6 Å². The van der Waals surface area contributed by atoms with Crippen LogP contribution in [0.25, 0.3) is 0 Å². The van der Waals surface area contributed by atoms with Gasteiger partial charge < -0.3 is 10.6 Å². The molecule has 0 aliphatic carbocycles. The fraction of sp³-hybridized carbons (Fsp3) is 0.158. The minimum atomic E-state index is 0.575. The first-order valence-corrected chi connectivity index (χ1v) is 8.15. The zero-order valence-electron chi connectivity index (χ0n) is 13.7. The van der Waals surface area contributed by atoms with Gasteiger partial charge in [-0.2, -0.15) is 4.98 Å². The summed E-state index contributed by atoms with van der Waals surface area (Å²) >= 11 is 6.19. The summed E-state index contributed by atoms with van der Waals surface area (Å²) in [7, 11) is 0. The van der Waals surface area contributed by atoms with Gasteiger partial charge in [-0.15, -0.1) is 0 Å². The average molecular weight is 339 g/mol. The number of anilines is 3. The lowest BCUT2D eigenvalue weighted by molar-refractivity contribution is 1.06. The minimum absolute atomic E-state index is 0.575. The number of rotatable bonds is 5. The summed E-state index contributed by atoms with van der Waals surface area (Å²) in [5.74, 6) is 1.34. The predicted octanol–water partition coefficient (Wildman–Crippen LogP) is 5.10. The van der Waals surface area contributed by atoms with Gasteiger partial charge in [0.2, 0.25) is 5.95 Å². The summed E-state index contributed by atoms with van der Waals surface area (Å²) < 4.78 is 0. The Morgan fingerprint density at radius 2 is 1.71 bits per heavy atom. The van der Waals surface area contributed by atoms with E-state index in [-0.39, 0.29) is 0 Å². The lowest BCUT2D eigenvalue weighted by Crippen LogP contribution is -2.06. The quantitative estimate of drug-likeness (QED) is 0.679. The van der Waals surface area contributed by atoms with E-state index in [1.165, 1.54) is 0 Å². The standard InChI is InChI=1S/C19H19ClN4/c1-13-7-3-6-10-17(13)23-19-22-14(2)11-18(24-19)21-12-15-8-4-5-9-16(15)20/h3-11H,12H2,1-2H3,(H2,21,22,23,24). The van der Waals surface area contributed by atoms with Crippen LogP contribution < -0.4 is 10.6 Å². The normalized spacial score (nSPS) is 10.5. The maximum absolute atomic E-state index is 6.19. The first kappa shape index (κ1) is 16.3. The summed E-state index contributed by atoms with van der Waals surface area (Å²) in [5.41, 5.74) is 4.07. The number of hydrogen-bond donors (Lipinski definition) is 2. The smallest absolute Gasteiger partial charge is 0.229 e. The van der Waals surface area contributed by atoms with E-state index >= 15 is 0 Å². The van der Waals surface area contributed by atoms with Crippen molar-refractivity contribution in [3.05, 3.63) is 76.4 Å². The van der Waals surface area contributed by atoms with E-state index in [9.17, 15) is 0 Å². The van der Waals surface area contributed by atoms with Gasteiger partial charge in [0.25, 0.3) is 0 Å². The Morgan fingerprint density at radius 1 is 0.958 bits per heavy atom. The highest BCUT2D eigenvalue weighted by Crippen LogP contribution is 2.20. The van der Waals surface area contributed by atoms with Crippen LogP contribution in [0.1, 0.15) is 16.8 Å². The van der Waals surface area contributed by atoms with Crippen LogP contribution in [-0.4, -0.2) is 9.97 Å². The molecule has 0 aliphatic rings. The number of halogens is 1. The van der Waals surface area contributed by atoms with E-state index in [1.807, 2.05) is 55.5 Å². The molecule has 0 aliphatic heterocycles. The van der Waals surface area contributed by atoms with Crippen molar-refractivity contribution >= 4 is 29.1 Å². The first-order valence-electron chi connectivity index (χ1n) is 7.77. The van der Waals surface area contributed by atoms with E-state index < -0.39 is 0 Å². The summed E-state index contributed by atoms with van der Waals surface area (Å²) in [6.45, 7) is 4.61. The second kappa shape index (κ2) is 7.32. The molecule has 0 fully saturated rings. The Kier molecular flexibility index (Phi) is 4.96. The molecule has 2 aromatic carbocycles. The molecule has 3 rings (SSSR count). The van der Waals surface area contributed by atoms with Gasteiger partial charge in [-0.3, -0.25) is 0 Å². The third-order valence-electron chi connectivity index (χ3n) is 3.66.